The molecule has 0 aliphatic rings. The molecule has 0 bridgehead atoms. The average Bonchev–Trinajstić information content (AvgIpc) is 2.68. The fourth-order valence-corrected chi connectivity index (χ4v) is 2.54. The first-order chi connectivity index (χ1) is 14.2. The first-order valence-electron chi connectivity index (χ1n) is 9.92. The summed E-state index contributed by atoms with van der Waals surface area (Å²) >= 11 is 0. The molecule has 0 radical (unpaired) electrons. The van der Waals surface area contributed by atoms with E-state index in [2.05, 4.69) is 18.6 Å². The topological polar surface area (TPSA) is 130 Å². The number of aliphatic carboxylic acids is 2. The largest absolute Gasteiger partial charge is 0.480 e. The van der Waals surface area contributed by atoms with E-state index >= 15 is 0 Å². The van der Waals surface area contributed by atoms with E-state index in [1.54, 1.807) is 0 Å². The summed E-state index contributed by atoms with van der Waals surface area (Å²) in [4.78, 5) is 34.6. The van der Waals surface area contributed by atoms with Gasteiger partial charge < -0.3 is 15.9 Å². The molecule has 0 spiro atoms. The van der Waals surface area contributed by atoms with Gasteiger partial charge in [-0.2, -0.15) is 4.99 Å². The minimum absolute atomic E-state index is 0.186. The van der Waals surface area contributed by atoms with Crippen molar-refractivity contribution in [3.05, 3.63) is 48.0 Å². The summed E-state index contributed by atoms with van der Waals surface area (Å²) in [5.41, 5.74) is 6.08. The summed E-state index contributed by atoms with van der Waals surface area (Å²) < 4.78 is 0. The molecule has 2 aromatic carbocycles. The maximum atomic E-state index is 11.0. The minimum atomic E-state index is -1.12. The van der Waals surface area contributed by atoms with E-state index in [-0.39, 0.29) is 6.42 Å². The molecule has 2 unspecified atom stereocenters. The van der Waals surface area contributed by atoms with Gasteiger partial charge in [-0.05, 0) is 28.7 Å². The third kappa shape index (κ3) is 10.6. The highest BCUT2D eigenvalue weighted by Gasteiger charge is 2.17. The molecule has 2 rings (SSSR count). The fraction of sp³-hybridized carbons (Fsp3) is 0.409. The van der Waals surface area contributed by atoms with Crippen LogP contribution in [0, 0.1) is 5.92 Å². The molecule has 2 aromatic rings. The Morgan fingerprint density at radius 3 is 2.10 bits per heavy atom. The summed E-state index contributed by atoms with van der Waals surface area (Å²) in [5.74, 6) is -1.67. The van der Waals surface area contributed by atoms with Crippen LogP contribution >= 0.6 is 0 Å². The number of hydrogen-bond acceptors (Lipinski definition) is 5. The number of carboxylic acid groups (broad SMARTS) is 2. The highest BCUT2D eigenvalue weighted by molar-refractivity contribution is 6.31. The third-order valence-corrected chi connectivity index (χ3v) is 3.83. The lowest BCUT2D eigenvalue weighted by atomic mass is 9.88. The van der Waals surface area contributed by atoms with E-state index in [9.17, 15) is 14.4 Å². The number of aliphatic imine (C=N–C) groups is 1. The molecule has 30 heavy (non-hydrogen) atoms. The Balaban J connectivity index is 0.000000591. The van der Waals surface area contributed by atoms with E-state index < -0.39 is 24.0 Å². The van der Waals surface area contributed by atoms with Crippen LogP contribution < -0.4 is 5.73 Å². The summed E-state index contributed by atoms with van der Waals surface area (Å²) in [6.45, 7) is 8.14. The molecule has 0 aliphatic carbocycles. The van der Waals surface area contributed by atoms with E-state index in [0.29, 0.717) is 12.3 Å². The fourth-order valence-electron chi connectivity index (χ4n) is 2.54. The second-order valence-corrected chi connectivity index (χ2v) is 7.20. The zero-order chi connectivity index (χ0) is 23.1. The van der Waals surface area contributed by atoms with Gasteiger partial charge >= 0.3 is 11.9 Å². The number of benzene rings is 2. The van der Waals surface area contributed by atoms with Gasteiger partial charge in [0.1, 0.15) is 13.3 Å². The highest BCUT2D eigenvalue weighted by Crippen LogP contribution is 2.20. The molecule has 0 heterocycles. The SMILES string of the molecule is CBC.CC(C)CC(N)C(=O)O.O=C=NC(Cc1cccc2ccccc12)C(=O)O. The number of carbonyl (C=O) groups is 2. The van der Waals surface area contributed by atoms with Crippen LogP contribution in [0.5, 0.6) is 0 Å². The van der Waals surface area contributed by atoms with Crippen LogP contribution in [0.3, 0.4) is 0 Å². The Bertz CT molecular complexity index is 843. The monoisotopic (exact) mass is 414 g/mol. The Kier molecular flexibility index (Phi) is 13.5. The number of carbonyl (C=O) groups excluding carboxylic acids is 1. The summed E-state index contributed by atoms with van der Waals surface area (Å²) in [6.07, 6.45) is 2.05. The third-order valence-electron chi connectivity index (χ3n) is 3.83. The second-order valence-electron chi connectivity index (χ2n) is 7.20. The van der Waals surface area contributed by atoms with Gasteiger partial charge in [-0.25, -0.2) is 9.59 Å². The lowest BCUT2D eigenvalue weighted by Crippen LogP contribution is -2.31. The van der Waals surface area contributed by atoms with Gasteiger partial charge in [-0.1, -0.05) is 70.0 Å². The molecule has 0 saturated heterocycles. The Hall–Kier alpha value is -2.96. The molecule has 0 amide bonds. The van der Waals surface area contributed by atoms with Crippen molar-refractivity contribution < 1.29 is 24.6 Å². The van der Waals surface area contributed by atoms with E-state index in [0.717, 1.165) is 16.3 Å². The summed E-state index contributed by atoms with van der Waals surface area (Å²) in [6, 6.07) is 11.6. The standard InChI is InChI=1S/C14H11NO3.C6H13NO2.C2H7B/c16-9-15-13(14(17)18)8-11-6-3-5-10-4-1-2-7-12(10)11;1-4(2)3-5(7)6(8)9;1-3-2/h1-7,13H,8H2,(H,17,18);4-5H,3,7H2,1-2H3,(H,8,9);3H,1-2H3. The molecule has 0 aromatic heterocycles. The Morgan fingerprint density at radius 2 is 1.63 bits per heavy atom. The van der Waals surface area contributed by atoms with Gasteiger partial charge in [0.15, 0.2) is 6.04 Å². The minimum Gasteiger partial charge on any atom is -0.480 e. The molecule has 8 heteroatoms. The van der Waals surface area contributed by atoms with E-state index in [1.807, 2.05) is 56.3 Å². The number of rotatable bonds is 7. The quantitative estimate of drug-likeness (QED) is 0.363. The van der Waals surface area contributed by atoms with E-state index in [1.165, 1.54) is 13.4 Å². The number of fused-ring (bicyclic) bond motifs is 1. The van der Waals surface area contributed by atoms with Crippen LogP contribution in [0.25, 0.3) is 10.8 Å². The number of isocyanates is 1. The molecule has 0 saturated carbocycles. The second kappa shape index (κ2) is 15.0. The maximum absolute atomic E-state index is 11.0. The van der Waals surface area contributed by atoms with Gasteiger partial charge in [-0.15, -0.1) is 0 Å². The molecular weight excluding hydrogens is 383 g/mol. The lowest BCUT2D eigenvalue weighted by Gasteiger charge is -2.08. The maximum Gasteiger partial charge on any atom is 0.329 e. The zero-order valence-corrected chi connectivity index (χ0v) is 18.0. The smallest absolute Gasteiger partial charge is 0.329 e. The van der Waals surface area contributed by atoms with Crippen molar-refractivity contribution in [2.75, 3.05) is 0 Å². The summed E-state index contributed by atoms with van der Waals surface area (Å²) in [5, 5.41) is 19.3. The molecule has 7 nitrogen and oxygen atoms in total. The van der Waals surface area contributed by atoms with E-state index in [4.69, 9.17) is 15.9 Å². The van der Waals surface area contributed by atoms with Crippen LogP contribution in [0.15, 0.2) is 47.5 Å². The van der Waals surface area contributed by atoms with Crippen molar-refractivity contribution in [1.29, 1.82) is 0 Å². The molecule has 0 aliphatic heterocycles. The average molecular weight is 414 g/mol. The van der Waals surface area contributed by atoms with Gasteiger partial charge in [0.2, 0.25) is 6.08 Å². The molecule has 0 fully saturated rings. The molecule has 4 N–H and O–H groups in total. The Morgan fingerprint density at radius 1 is 1.07 bits per heavy atom. The van der Waals surface area contributed by atoms with Crippen LogP contribution in [0.1, 0.15) is 25.8 Å². The zero-order valence-electron chi connectivity index (χ0n) is 18.0. The number of carboxylic acids is 2. The van der Waals surface area contributed by atoms with Crippen molar-refractivity contribution in [1.82, 2.24) is 0 Å². The normalized spacial score (nSPS) is 11.7. The molecular formula is C22H31BN2O5. The van der Waals surface area contributed by atoms with Crippen LogP contribution in [-0.2, 0) is 20.8 Å². The Labute approximate surface area is 178 Å². The lowest BCUT2D eigenvalue weighted by molar-refractivity contribution is -0.139. The van der Waals surface area contributed by atoms with Crippen molar-refractivity contribution >= 4 is 36.1 Å². The molecule has 162 valence electrons. The first-order valence-corrected chi connectivity index (χ1v) is 9.92. The predicted octanol–water partition coefficient (Wildman–Crippen LogP) is 3.13. The number of hydrogen-bond donors (Lipinski definition) is 3. The van der Waals surface area contributed by atoms with Crippen molar-refractivity contribution in [3.8, 4) is 0 Å². The van der Waals surface area contributed by atoms with Crippen LogP contribution in [-0.4, -0.2) is 47.6 Å². The van der Waals surface area contributed by atoms with Crippen LogP contribution in [0.2, 0.25) is 13.6 Å². The van der Waals surface area contributed by atoms with Crippen molar-refractivity contribution in [3.63, 3.8) is 0 Å². The first kappa shape index (κ1) is 27.0. The van der Waals surface area contributed by atoms with Gasteiger partial charge in [-0.3, -0.25) is 4.79 Å². The van der Waals surface area contributed by atoms with Gasteiger partial charge in [0.25, 0.3) is 0 Å². The summed E-state index contributed by atoms with van der Waals surface area (Å²) in [7, 11) is 1.25. The molecule has 2 atom stereocenters. The number of nitrogens with two attached hydrogens (primary N) is 1. The van der Waals surface area contributed by atoms with Crippen molar-refractivity contribution in [2.24, 2.45) is 16.6 Å². The predicted molar refractivity (Wildman–Crippen MR) is 121 cm³/mol. The highest BCUT2D eigenvalue weighted by atomic mass is 16.4. The van der Waals surface area contributed by atoms with Crippen molar-refractivity contribution in [2.45, 2.75) is 52.4 Å². The van der Waals surface area contributed by atoms with Crippen LogP contribution in [0.4, 0.5) is 0 Å². The number of nitrogens with zero attached hydrogens (tertiary/aromatic N) is 1. The van der Waals surface area contributed by atoms with Gasteiger partial charge in [0, 0.05) is 6.42 Å². The van der Waals surface area contributed by atoms with Gasteiger partial charge in [0.05, 0.1) is 0 Å².